The van der Waals surface area contributed by atoms with E-state index in [1.807, 2.05) is 32.0 Å². The zero-order chi connectivity index (χ0) is 22.1. The topological polar surface area (TPSA) is 49.4 Å². The summed E-state index contributed by atoms with van der Waals surface area (Å²) in [5, 5.41) is 3.46. The molecule has 1 N–H and O–H groups in total. The van der Waals surface area contributed by atoms with Gasteiger partial charge in [-0.2, -0.15) is 0 Å². The Kier molecular flexibility index (Phi) is 9.66. The molecule has 0 spiro atoms. The molecule has 2 aromatic carbocycles. The second-order valence-corrected chi connectivity index (χ2v) is 8.94. The lowest BCUT2D eigenvalue weighted by Crippen LogP contribution is -2.48. The Balaban J connectivity index is 2.06. The van der Waals surface area contributed by atoms with Crippen molar-refractivity contribution in [1.82, 2.24) is 10.2 Å². The van der Waals surface area contributed by atoms with Gasteiger partial charge in [0.15, 0.2) is 0 Å². The highest BCUT2D eigenvalue weighted by Crippen LogP contribution is 2.20. The maximum absolute atomic E-state index is 13.0. The molecular weight excluding hydrogens is 423 g/mol. The molecular formula is C23H28ClFN2O2S. The minimum Gasteiger partial charge on any atom is -0.354 e. The van der Waals surface area contributed by atoms with E-state index in [1.54, 1.807) is 30.0 Å². The lowest BCUT2D eigenvalue weighted by molar-refractivity contribution is -0.138. The van der Waals surface area contributed by atoms with Crippen LogP contribution in [0.5, 0.6) is 0 Å². The first kappa shape index (κ1) is 24.2. The van der Waals surface area contributed by atoms with Crippen LogP contribution in [0.2, 0.25) is 5.02 Å². The van der Waals surface area contributed by atoms with Crippen molar-refractivity contribution in [3.8, 4) is 0 Å². The van der Waals surface area contributed by atoms with Crippen molar-refractivity contribution in [3.05, 3.63) is 70.5 Å². The van der Waals surface area contributed by atoms with Crippen molar-refractivity contribution in [2.75, 3.05) is 12.3 Å². The second kappa shape index (κ2) is 12.0. The molecule has 0 aromatic heterocycles. The van der Waals surface area contributed by atoms with E-state index in [0.29, 0.717) is 23.2 Å². The molecule has 2 aromatic rings. The van der Waals surface area contributed by atoms with Crippen LogP contribution in [0, 0.1) is 11.7 Å². The number of hydrogen-bond acceptors (Lipinski definition) is 3. The number of hydrogen-bond donors (Lipinski definition) is 1. The molecule has 0 saturated heterocycles. The van der Waals surface area contributed by atoms with E-state index in [4.69, 9.17) is 11.6 Å². The third-order valence-corrected chi connectivity index (χ3v) is 5.92. The average Bonchev–Trinajstić information content (AvgIpc) is 2.72. The lowest BCUT2D eigenvalue weighted by Gasteiger charge is -2.29. The number of amides is 2. The number of benzene rings is 2. The Morgan fingerprint density at radius 1 is 1.10 bits per heavy atom. The first-order valence-corrected chi connectivity index (χ1v) is 11.4. The molecule has 2 rings (SSSR count). The summed E-state index contributed by atoms with van der Waals surface area (Å²) in [5.41, 5.74) is 1.73. The molecule has 7 heteroatoms. The first-order chi connectivity index (χ1) is 14.3. The number of thioether (sulfide) groups is 1. The fraction of sp³-hybridized carbons (Fsp3) is 0.391. The van der Waals surface area contributed by atoms with Crippen molar-refractivity contribution in [1.29, 1.82) is 0 Å². The van der Waals surface area contributed by atoms with Crippen LogP contribution in [0.1, 0.15) is 31.9 Å². The molecule has 0 radical (unpaired) electrons. The zero-order valence-corrected chi connectivity index (χ0v) is 19.1. The van der Waals surface area contributed by atoms with E-state index in [-0.39, 0.29) is 29.9 Å². The quantitative estimate of drug-likeness (QED) is 0.560. The van der Waals surface area contributed by atoms with Crippen molar-refractivity contribution in [3.63, 3.8) is 0 Å². The smallest absolute Gasteiger partial charge is 0.242 e. The van der Waals surface area contributed by atoms with Gasteiger partial charge >= 0.3 is 0 Å². The van der Waals surface area contributed by atoms with E-state index in [0.717, 1.165) is 11.1 Å². The molecule has 2 amide bonds. The SMILES string of the molecule is CC(C)CNC(=O)[C@H](C)N(Cc1ccccc1Cl)C(=O)CSCc1ccc(F)cc1. The third kappa shape index (κ3) is 7.65. The number of rotatable bonds is 10. The molecule has 162 valence electrons. The predicted octanol–water partition coefficient (Wildman–Crippen LogP) is 4.90. The van der Waals surface area contributed by atoms with Gasteiger partial charge < -0.3 is 10.2 Å². The van der Waals surface area contributed by atoms with Crippen LogP contribution in [0.25, 0.3) is 0 Å². The molecule has 0 unspecified atom stereocenters. The van der Waals surface area contributed by atoms with E-state index in [1.165, 1.54) is 23.9 Å². The van der Waals surface area contributed by atoms with Gasteiger partial charge in [-0.3, -0.25) is 9.59 Å². The number of carbonyl (C=O) groups is 2. The molecule has 4 nitrogen and oxygen atoms in total. The summed E-state index contributed by atoms with van der Waals surface area (Å²) < 4.78 is 13.0. The fourth-order valence-electron chi connectivity index (χ4n) is 2.76. The summed E-state index contributed by atoms with van der Waals surface area (Å²) in [6.45, 7) is 6.57. The van der Waals surface area contributed by atoms with Gasteiger partial charge in [0, 0.05) is 23.9 Å². The van der Waals surface area contributed by atoms with E-state index in [9.17, 15) is 14.0 Å². The molecule has 0 heterocycles. The van der Waals surface area contributed by atoms with E-state index >= 15 is 0 Å². The van der Waals surface area contributed by atoms with E-state index in [2.05, 4.69) is 5.32 Å². The van der Waals surface area contributed by atoms with Gasteiger partial charge in [-0.05, 0) is 42.2 Å². The fourth-order valence-corrected chi connectivity index (χ4v) is 3.83. The van der Waals surface area contributed by atoms with Crippen LogP contribution < -0.4 is 5.32 Å². The lowest BCUT2D eigenvalue weighted by atomic mass is 10.1. The summed E-state index contributed by atoms with van der Waals surface area (Å²) >= 11 is 7.72. The number of carbonyl (C=O) groups excluding carboxylic acids is 2. The van der Waals surface area contributed by atoms with Crippen molar-refractivity contribution < 1.29 is 14.0 Å². The standard InChI is InChI=1S/C23H28ClFN2O2S/c1-16(2)12-26-23(29)17(3)27(13-19-6-4-5-7-21(19)24)22(28)15-30-14-18-8-10-20(25)11-9-18/h4-11,16-17H,12-15H2,1-3H3,(H,26,29)/t17-/m0/s1. The Morgan fingerprint density at radius 2 is 1.77 bits per heavy atom. The van der Waals surface area contributed by atoms with Crippen LogP contribution >= 0.6 is 23.4 Å². The third-order valence-electron chi connectivity index (χ3n) is 4.56. The Hall–Kier alpha value is -2.05. The van der Waals surface area contributed by atoms with Gasteiger partial charge in [0.2, 0.25) is 11.8 Å². The largest absolute Gasteiger partial charge is 0.354 e. The number of nitrogens with zero attached hydrogens (tertiary/aromatic N) is 1. The van der Waals surface area contributed by atoms with Gasteiger partial charge in [-0.25, -0.2) is 4.39 Å². The summed E-state index contributed by atoms with van der Waals surface area (Å²) in [6.07, 6.45) is 0. The zero-order valence-electron chi connectivity index (χ0n) is 17.5. The highest BCUT2D eigenvalue weighted by atomic mass is 35.5. The average molecular weight is 451 g/mol. The van der Waals surface area contributed by atoms with Gasteiger partial charge in [0.1, 0.15) is 11.9 Å². The molecule has 0 aliphatic rings. The Bertz CT molecular complexity index is 845. The predicted molar refractivity (Wildman–Crippen MR) is 122 cm³/mol. The molecule has 30 heavy (non-hydrogen) atoms. The van der Waals surface area contributed by atoms with Crippen LogP contribution in [0.15, 0.2) is 48.5 Å². The normalized spacial score (nSPS) is 11.9. The van der Waals surface area contributed by atoms with Crippen molar-refractivity contribution in [2.24, 2.45) is 5.92 Å². The van der Waals surface area contributed by atoms with Gasteiger partial charge in [0.05, 0.1) is 5.75 Å². The van der Waals surface area contributed by atoms with Gasteiger partial charge in [-0.15, -0.1) is 11.8 Å². The molecule has 0 saturated carbocycles. The van der Waals surface area contributed by atoms with E-state index < -0.39 is 6.04 Å². The Labute approximate surface area is 187 Å². The van der Waals surface area contributed by atoms with Gasteiger partial charge in [-0.1, -0.05) is 55.8 Å². The van der Waals surface area contributed by atoms with Crippen LogP contribution in [-0.2, 0) is 21.9 Å². The number of nitrogens with one attached hydrogen (secondary N) is 1. The van der Waals surface area contributed by atoms with Crippen molar-refractivity contribution >= 4 is 35.2 Å². The molecule has 0 aliphatic heterocycles. The van der Waals surface area contributed by atoms with Crippen LogP contribution in [0.4, 0.5) is 4.39 Å². The molecule has 1 atom stereocenters. The summed E-state index contributed by atoms with van der Waals surface area (Å²) in [5.74, 6) is 0.498. The van der Waals surface area contributed by atoms with Crippen LogP contribution in [0.3, 0.4) is 0 Å². The molecule has 0 bridgehead atoms. The Morgan fingerprint density at radius 3 is 2.40 bits per heavy atom. The minimum atomic E-state index is -0.626. The highest BCUT2D eigenvalue weighted by Gasteiger charge is 2.26. The first-order valence-electron chi connectivity index (χ1n) is 9.90. The van der Waals surface area contributed by atoms with Crippen molar-refractivity contribution in [2.45, 2.75) is 39.1 Å². The van der Waals surface area contributed by atoms with Gasteiger partial charge in [0.25, 0.3) is 0 Å². The second-order valence-electron chi connectivity index (χ2n) is 7.55. The maximum Gasteiger partial charge on any atom is 0.242 e. The summed E-state index contributed by atoms with van der Waals surface area (Å²) in [7, 11) is 0. The summed E-state index contributed by atoms with van der Waals surface area (Å²) in [4.78, 5) is 27.2. The molecule has 0 aliphatic carbocycles. The summed E-state index contributed by atoms with van der Waals surface area (Å²) in [6, 6.07) is 12.9. The monoisotopic (exact) mass is 450 g/mol. The number of halogens is 2. The maximum atomic E-state index is 13.0. The van der Waals surface area contributed by atoms with Crippen LogP contribution in [-0.4, -0.2) is 35.1 Å². The minimum absolute atomic E-state index is 0.144. The highest BCUT2D eigenvalue weighted by molar-refractivity contribution is 7.99. The molecule has 0 fully saturated rings.